The first-order chi connectivity index (χ1) is 12.3. The van der Waals surface area contributed by atoms with Gasteiger partial charge in [0.1, 0.15) is 5.58 Å². The molecule has 0 aliphatic carbocycles. The van der Waals surface area contributed by atoms with Gasteiger partial charge in [-0.2, -0.15) is 0 Å². The van der Waals surface area contributed by atoms with Crippen molar-refractivity contribution in [3.63, 3.8) is 0 Å². The number of hydrogen-bond acceptors (Lipinski definition) is 6. The van der Waals surface area contributed by atoms with E-state index < -0.39 is 0 Å². The van der Waals surface area contributed by atoms with Crippen molar-refractivity contribution in [3.8, 4) is 23.0 Å². The van der Waals surface area contributed by atoms with Crippen molar-refractivity contribution in [1.29, 1.82) is 0 Å². The Kier molecular flexibility index (Phi) is 2.26. The van der Waals surface area contributed by atoms with Crippen molar-refractivity contribution in [1.82, 2.24) is 0 Å². The molecule has 0 saturated heterocycles. The highest BCUT2D eigenvalue weighted by atomic mass is 16.7. The first-order valence-corrected chi connectivity index (χ1v) is 7.81. The van der Waals surface area contributed by atoms with E-state index in [1.165, 1.54) is 0 Å². The van der Waals surface area contributed by atoms with Crippen molar-refractivity contribution in [3.05, 3.63) is 46.6 Å². The molecule has 4 aromatic rings. The van der Waals surface area contributed by atoms with Crippen molar-refractivity contribution >= 4 is 32.7 Å². The highest BCUT2D eigenvalue weighted by Gasteiger charge is 2.22. The van der Waals surface area contributed by atoms with E-state index in [0.29, 0.717) is 44.9 Å². The van der Waals surface area contributed by atoms with Crippen LogP contribution in [0, 0.1) is 0 Å². The van der Waals surface area contributed by atoms with E-state index in [1.807, 2.05) is 18.2 Å². The second kappa shape index (κ2) is 4.36. The van der Waals surface area contributed by atoms with Crippen molar-refractivity contribution in [2.45, 2.75) is 0 Å². The molecule has 2 aliphatic rings. The van der Waals surface area contributed by atoms with Gasteiger partial charge in [-0.1, -0.05) is 6.07 Å². The van der Waals surface area contributed by atoms with Crippen LogP contribution in [0.3, 0.4) is 0 Å². The topological polar surface area (TPSA) is 67.1 Å². The molecule has 25 heavy (non-hydrogen) atoms. The maximum Gasteiger partial charge on any atom is 0.231 e. The Morgan fingerprint density at radius 3 is 2.36 bits per heavy atom. The summed E-state index contributed by atoms with van der Waals surface area (Å²) >= 11 is 0. The third-order valence-corrected chi connectivity index (χ3v) is 4.65. The van der Waals surface area contributed by atoms with E-state index in [2.05, 4.69) is 0 Å². The summed E-state index contributed by atoms with van der Waals surface area (Å²) in [4.78, 5) is 13.0. The van der Waals surface area contributed by atoms with Gasteiger partial charge in [-0.05, 0) is 35.7 Å². The number of rotatable bonds is 0. The van der Waals surface area contributed by atoms with E-state index in [1.54, 1.807) is 18.2 Å². The van der Waals surface area contributed by atoms with Gasteiger partial charge >= 0.3 is 0 Å². The molecule has 0 amide bonds. The molecule has 6 nitrogen and oxygen atoms in total. The first-order valence-electron chi connectivity index (χ1n) is 7.81. The highest BCUT2D eigenvalue weighted by molar-refractivity contribution is 6.03. The van der Waals surface area contributed by atoms with Crippen LogP contribution in [0.2, 0.25) is 0 Å². The van der Waals surface area contributed by atoms with E-state index in [9.17, 15) is 4.79 Å². The normalized spacial score (nSPS) is 14.7. The molecule has 0 atom stereocenters. The van der Waals surface area contributed by atoms with Crippen LogP contribution >= 0.6 is 0 Å². The fourth-order valence-electron chi connectivity index (χ4n) is 3.46. The lowest BCUT2D eigenvalue weighted by Crippen LogP contribution is -2.02. The van der Waals surface area contributed by atoms with Crippen LogP contribution in [0.15, 0.2) is 45.6 Å². The lowest BCUT2D eigenvalue weighted by molar-refractivity contribution is 0.174. The summed E-state index contributed by atoms with van der Waals surface area (Å²) in [5, 5.41) is 2.68. The smallest absolute Gasteiger partial charge is 0.231 e. The van der Waals surface area contributed by atoms with Gasteiger partial charge in [-0.15, -0.1) is 0 Å². The van der Waals surface area contributed by atoms with Gasteiger partial charge in [-0.3, -0.25) is 4.79 Å². The summed E-state index contributed by atoms with van der Waals surface area (Å²) in [6.07, 6.45) is 0. The largest absolute Gasteiger partial charge is 0.454 e. The van der Waals surface area contributed by atoms with Gasteiger partial charge in [0.25, 0.3) is 0 Å². The van der Waals surface area contributed by atoms with E-state index in [0.717, 1.165) is 10.8 Å². The molecule has 2 aliphatic heterocycles. The molecule has 6 rings (SSSR count). The van der Waals surface area contributed by atoms with Gasteiger partial charge < -0.3 is 23.4 Å². The molecule has 0 N–H and O–H groups in total. The third-order valence-electron chi connectivity index (χ3n) is 4.65. The Hall–Kier alpha value is -3.41. The Balaban J connectivity index is 1.78. The highest BCUT2D eigenvalue weighted by Crippen LogP contribution is 2.42. The average molecular weight is 334 g/mol. The van der Waals surface area contributed by atoms with Gasteiger partial charge in [-0.25, -0.2) is 0 Å². The lowest BCUT2D eigenvalue weighted by Gasteiger charge is -2.07. The number of benzene rings is 3. The Labute approximate surface area is 140 Å². The monoisotopic (exact) mass is 334 g/mol. The lowest BCUT2D eigenvalue weighted by atomic mass is 10.0. The van der Waals surface area contributed by atoms with Gasteiger partial charge in [0, 0.05) is 5.39 Å². The quantitative estimate of drug-likeness (QED) is 0.458. The van der Waals surface area contributed by atoms with Crippen LogP contribution < -0.4 is 24.4 Å². The summed E-state index contributed by atoms with van der Waals surface area (Å²) in [7, 11) is 0. The molecule has 0 bridgehead atoms. The van der Waals surface area contributed by atoms with Crippen LogP contribution in [0.5, 0.6) is 23.0 Å². The predicted molar refractivity (Wildman–Crippen MR) is 89.7 cm³/mol. The zero-order valence-electron chi connectivity index (χ0n) is 12.8. The fourth-order valence-corrected chi connectivity index (χ4v) is 3.46. The van der Waals surface area contributed by atoms with Gasteiger partial charge in [0.15, 0.2) is 22.8 Å². The van der Waals surface area contributed by atoms with E-state index >= 15 is 0 Å². The molecule has 3 heterocycles. The van der Waals surface area contributed by atoms with Crippen molar-refractivity contribution in [2.75, 3.05) is 13.6 Å². The standard InChI is InChI=1S/C19H10O6/c20-16-10-2-4-14-19(24-8-22-14)18(10)25-15-5-9-1-3-13-17(23-7-21-13)11(9)6-12(15)16/h1-6H,7-8H2. The molecule has 0 saturated carbocycles. The van der Waals surface area contributed by atoms with Crippen molar-refractivity contribution in [2.24, 2.45) is 0 Å². The molecule has 0 radical (unpaired) electrons. The molecule has 6 heteroatoms. The SMILES string of the molecule is O=c1c2cc3c4c(ccc3cc2oc2c3c(ccc12)OCO3)OCO4. The third kappa shape index (κ3) is 1.60. The molecule has 3 aromatic carbocycles. The Morgan fingerprint density at radius 1 is 0.720 bits per heavy atom. The van der Waals surface area contributed by atoms with Gasteiger partial charge in [0.05, 0.1) is 10.8 Å². The molecular weight excluding hydrogens is 324 g/mol. The first kappa shape index (κ1) is 12.9. The molecule has 122 valence electrons. The summed E-state index contributed by atoms with van der Waals surface area (Å²) in [5.74, 6) is 2.39. The van der Waals surface area contributed by atoms with Crippen LogP contribution in [0.4, 0.5) is 0 Å². The number of hydrogen-bond donors (Lipinski definition) is 0. The van der Waals surface area contributed by atoms with Crippen LogP contribution in [-0.2, 0) is 0 Å². The maximum absolute atomic E-state index is 13.0. The summed E-state index contributed by atoms with van der Waals surface area (Å²) in [5.41, 5.74) is 0.785. The minimum Gasteiger partial charge on any atom is -0.454 e. The van der Waals surface area contributed by atoms with Crippen molar-refractivity contribution < 1.29 is 23.4 Å². The molecule has 0 spiro atoms. The molecule has 0 unspecified atom stereocenters. The number of fused-ring (bicyclic) bond motifs is 7. The minimum atomic E-state index is -0.118. The van der Waals surface area contributed by atoms with Gasteiger partial charge in [0.2, 0.25) is 24.8 Å². The molecule has 1 aromatic heterocycles. The molecular formula is C19H10O6. The second-order valence-corrected chi connectivity index (χ2v) is 5.98. The Morgan fingerprint density at radius 2 is 1.48 bits per heavy atom. The predicted octanol–water partition coefficient (Wildman–Crippen LogP) is 3.56. The summed E-state index contributed by atoms with van der Waals surface area (Å²) in [6, 6.07) is 10.8. The summed E-state index contributed by atoms with van der Waals surface area (Å²) < 4.78 is 27.8. The number of ether oxygens (including phenoxy) is 4. The van der Waals surface area contributed by atoms with Crippen LogP contribution in [0.1, 0.15) is 0 Å². The van der Waals surface area contributed by atoms with Crippen LogP contribution in [-0.4, -0.2) is 13.6 Å². The van der Waals surface area contributed by atoms with Crippen LogP contribution in [0.25, 0.3) is 32.7 Å². The van der Waals surface area contributed by atoms with E-state index in [4.69, 9.17) is 23.4 Å². The average Bonchev–Trinajstić information content (AvgIpc) is 3.29. The fraction of sp³-hybridized carbons (Fsp3) is 0.105. The Bertz CT molecular complexity index is 1270. The zero-order chi connectivity index (χ0) is 16.5. The minimum absolute atomic E-state index is 0.118. The zero-order valence-corrected chi connectivity index (χ0v) is 12.8. The second-order valence-electron chi connectivity index (χ2n) is 5.98. The summed E-state index contributed by atoms with van der Waals surface area (Å²) in [6.45, 7) is 0.305. The maximum atomic E-state index is 13.0. The van der Waals surface area contributed by atoms with E-state index in [-0.39, 0.29) is 19.0 Å². The molecule has 0 fully saturated rings.